The molecule has 5 rings (SSSR count). The van der Waals surface area contributed by atoms with Gasteiger partial charge in [-0.25, -0.2) is 4.98 Å². The highest BCUT2D eigenvalue weighted by Gasteiger charge is 2.34. The number of imidazole rings is 1. The van der Waals surface area contributed by atoms with Gasteiger partial charge in [-0.2, -0.15) is 0 Å². The highest BCUT2D eigenvalue weighted by atomic mass is 16.1. The SMILES string of the molecule is NC(=O)c1cccn2c(-c3ccccc3)c(-c3ccc(C4(N)CCC4)cc3)nc12. The number of amides is 1. The first kappa shape index (κ1) is 17.6. The number of aromatic nitrogens is 2. The molecule has 0 radical (unpaired) electrons. The monoisotopic (exact) mass is 382 g/mol. The number of pyridine rings is 1. The summed E-state index contributed by atoms with van der Waals surface area (Å²) in [5.74, 6) is -0.489. The molecule has 1 amide bonds. The summed E-state index contributed by atoms with van der Waals surface area (Å²) >= 11 is 0. The summed E-state index contributed by atoms with van der Waals surface area (Å²) in [6, 6.07) is 21.9. The first-order valence-electron chi connectivity index (χ1n) is 9.83. The number of benzene rings is 2. The second-order valence-electron chi connectivity index (χ2n) is 7.74. The minimum Gasteiger partial charge on any atom is -0.365 e. The number of carbonyl (C=O) groups is 1. The van der Waals surface area contributed by atoms with Gasteiger partial charge >= 0.3 is 0 Å². The lowest BCUT2D eigenvalue weighted by Gasteiger charge is -2.38. The number of hydrogen-bond acceptors (Lipinski definition) is 3. The molecule has 2 heterocycles. The van der Waals surface area contributed by atoms with Crippen molar-refractivity contribution in [2.24, 2.45) is 11.5 Å². The van der Waals surface area contributed by atoms with E-state index in [4.69, 9.17) is 16.5 Å². The van der Waals surface area contributed by atoms with E-state index in [1.807, 2.05) is 47.0 Å². The largest absolute Gasteiger partial charge is 0.365 e. The van der Waals surface area contributed by atoms with Crippen molar-refractivity contribution in [3.8, 4) is 22.5 Å². The minimum absolute atomic E-state index is 0.196. The van der Waals surface area contributed by atoms with Gasteiger partial charge in [0.1, 0.15) is 0 Å². The first-order valence-corrected chi connectivity index (χ1v) is 9.83. The van der Waals surface area contributed by atoms with Crippen LogP contribution in [0.5, 0.6) is 0 Å². The third kappa shape index (κ3) is 2.82. The fourth-order valence-corrected chi connectivity index (χ4v) is 4.14. The van der Waals surface area contributed by atoms with Gasteiger partial charge in [0, 0.05) is 22.9 Å². The number of nitrogens with two attached hydrogens (primary N) is 2. The lowest BCUT2D eigenvalue weighted by molar-refractivity contribution is 0.100. The van der Waals surface area contributed by atoms with Crippen LogP contribution >= 0.6 is 0 Å². The standard InChI is InChI=1S/C24H22N4O/c25-22(29)19-8-4-15-28-21(17-6-2-1-3-7-17)20(27-23(19)28)16-9-11-18(12-10-16)24(26)13-5-14-24/h1-4,6-12,15H,5,13-14,26H2,(H2,25,29). The molecule has 144 valence electrons. The van der Waals surface area contributed by atoms with E-state index in [-0.39, 0.29) is 5.54 Å². The number of fused-ring (bicyclic) bond motifs is 1. The molecule has 0 bridgehead atoms. The van der Waals surface area contributed by atoms with Gasteiger partial charge in [0.05, 0.1) is 17.0 Å². The molecule has 2 aromatic carbocycles. The van der Waals surface area contributed by atoms with Crippen LogP contribution in [0.25, 0.3) is 28.2 Å². The van der Waals surface area contributed by atoms with E-state index in [1.165, 1.54) is 6.42 Å². The third-order valence-electron chi connectivity index (χ3n) is 5.94. The summed E-state index contributed by atoms with van der Waals surface area (Å²) in [7, 11) is 0. The van der Waals surface area contributed by atoms with E-state index >= 15 is 0 Å². The van der Waals surface area contributed by atoms with Crippen LogP contribution in [0.1, 0.15) is 35.2 Å². The Morgan fingerprint density at radius 3 is 2.28 bits per heavy atom. The van der Waals surface area contributed by atoms with E-state index in [0.717, 1.165) is 40.9 Å². The van der Waals surface area contributed by atoms with Crippen LogP contribution in [0.3, 0.4) is 0 Å². The quantitative estimate of drug-likeness (QED) is 0.557. The second kappa shape index (κ2) is 6.57. The molecule has 0 atom stereocenters. The molecule has 2 aromatic heterocycles. The Morgan fingerprint density at radius 1 is 0.931 bits per heavy atom. The van der Waals surface area contributed by atoms with Gasteiger partial charge in [0.2, 0.25) is 0 Å². The van der Waals surface area contributed by atoms with Crippen LogP contribution < -0.4 is 11.5 Å². The van der Waals surface area contributed by atoms with Crippen LogP contribution in [0.2, 0.25) is 0 Å². The summed E-state index contributed by atoms with van der Waals surface area (Å²) in [4.78, 5) is 16.8. The van der Waals surface area contributed by atoms with Crippen molar-refractivity contribution in [2.45, 2.75) is 24.8 Å². The van der Waals surface area contributed by atoms with Crippen molar-refractivity contribution in [3.05, 3.63) is 84.1 Å². The Hall–Kier alpha value is -3.44. The fourth-order valence-electron chi connectivity index (χ4n) is 4.14. The minimum atomic E-state index is -0.489. The van der Waals surface area contributed by atoms with E-state index in [2.05, 4.69) is 24.3 Å². The van der Waals surface area contributed by atoms with Gasteiger partial charge in [0.25, 0.3) is 5.91 Å². The molecule has 4 N–H and O–H groups in total. The molecule has 0 aliphatic heterocycles. The topological polar surface area (TPSA) is 86.4 Å². The van der Waals surface area contributed by atoms with Crippen molar-refractivity contribution >= 4 is 11.6 Å². The maximum Gasteiger partial charge on any atom is 0.252 e. The van der Waals surface area contributed by atoms with E-state index in [1.54, 1.807) is 6.07 Å². The molecule has 5 heteroatoms. The van der Waals surface area contributed by atoms with Crippen molar-refractivity contribution in [2.75, 3.05) is 0 Å². The summed E-state index contributed by atoms with van der Waals surface area (Å²) < 4.78 is 1.94. The summed E-state index contributed by atoms with van der Waals surface area (Å²) in [5.41, 5.74) is 17.8. The second-order valence-corrected chi connectivity index (χ2v) is 7.74. The fraction of sp³-hybridized carbons (Fsp3) is 0.167. The zero-order valence-corrected chi connectivity index (χ0v) is 16.0. The van der Waals surface area contributed by atoms with Crippen LogP contribution in [0, 0.1) is 0 Å². The Morgan fingerprint density at radius 2 is 1.66 bits per heavy atom. The number of carbonyl (C=O) groups excluding carboxylic acids is 1. The van der Waals surface area contributed by atoms with Crippen LogP contribution in [0.4, 0.5) is 0 Å². The molecular formula is C24H22N4O. The first-order chi connectivity index (χ1) is 14.1. The third-order valence-corrected chi connectivity index (χ3v) is 5.94. The molecule has 29 heavy (non-hydrogen) atoms. The van der Waals surface area contributed by atoms with Crippen molar-refractivity contribution < 1.29 is 4.79 Å². The average Bonchev–Trinajstić information content (AvgIpc) is 3.12. The predicted molar refractivity (Wildman–Crippen MR) is 114 cm³/mol. The number of primary amides is 1. The maximum absolute atomic E-state index is 12.0. The number of nitrogens with zero attached hydrogens (tertiary/aromatic N) is 2. The highest BCUT2D eigenvalue weighted by molar-refractivity contribution is 6.00. The Labute approximate surface area is 169 Å². The predicted octanol–water partition coefficient (Wildman–Crippen LogP) is 4.11. The smallest absolute Gasteiger partial charge is 0.252 e. The Kier molecular flexibility index (Phi) is 4.00. The molecular weight excluding hydrogens is 360 g/mol. The van der Waals surface area contributed by atoms with Crippen molar-refractivity contribution in [1.29, 1.82) is 0 Å². The molecule has 0 saturated heterocycles. The summed E-state index contributed by atoms with van der Waals surface area (Å²) in [6.45, 7) is 0. The van der Waals surface area contributed by atoms with Gasteiger partial charge in [0.15, 0.2) is 5.65 Å². The highest BCUT2D eigenvalue weighted by Crippen LogP contribution is 2.40. The summed E-state index contributed by atoms with van der Waals surface area (Å²) in [5, 5.41) is 0. The van der Waals surface area contributed by atoms with Gasteiger partial charge in [-0.3, -0.25) is 9.20 Å². The Bertz CT molecular complexity index is 1210. The lowest BCUT2D eigenvalue weighted by atomic mass is 9.72. The van der Waals surface area contributed by atoms with Crippen LogP contribution in [-0.4, -0.2) is 15.3 Å². The number of hydrogen-bond donors (Lipinski definition) is 2. The van der Waals surface area contributed by atoms with Crippen molar-refractivity contribution in [3.63, 3.8) is 0 Å². The van der Waals surface area contributed by atoms with Crippen LogP contribution in [-0.2, 0) is 5.54 Å². The van der Waals surface area contributed by atoms with Gasteiger partial charge in [-0.1, -0.05) is 54.6 Å². The van der Waals surface area contributed by atoms with E-state index < -0.39 is 5.91 Å². The number of rotatable bonds is 4. The summed E-state index contributed by atoms with van der Waals surface area (Å²) in [6.07, 6.45) is 5.15. The normalized spacial score (nSPS) is 15.2. The van der Waals surface area contributed by atoms with E-state index in [0.29, 0.717) is 11.2 Å². The molecule has 1 fully saturated rings. The molecule has 5 nitrogen and oxygen atoms in total. The molecule has 0 unspecified atom stereocenters. The molecule has 1 saturated carbocycles. The maximum atomic E-state index is 12.0. The molecule has 4 aromatic rings. The zero-order valence-electron chi connectivity index (χ0n) is 16.0. The van der Waals surface area contributed by atoms with E-state index in [9.17, 15) is 4.79 Å². The average molecular weight is 382 g/mol. The Balaban J connectivity index is 1.72. The van der Waals surface area contributed by atoms with Gasteiger partial charge in [-0.15, -0.1) is 0 Å². The van der Waals surface area contributed by atoms with Crippen molar-refractivity contribution in [1.82, 2.24) is 9.38 Å². The molecule has 0 spiro atoms. The molecule has 1 aliphatic rings. The van der Waals surface area contributed by atoms with Crippen LogP contribution in [0.15, 0.2) is 72.9 Å². The van der Waals surface area contributed by atoms with Gasteiger partial charge in [-0.05, 0) is 37.0 Å². The zero-order chi connectivity index (χ0) is 20.0. The molecule has 1 aliphatic carbocycles. The van der Waals surface area contributed by atoms with Gasteiger partial charge < -0.3 is 11.5 Å². The lowest BCUT2D eigenvalue weighted by Crippen LogP contribution is -2.43.